The minimum Gasteiger partial charge on any atom is -0.381 e. The largest absolute Gasteiger partial charge is 0.381 e. The fourth-order valence-corrected chi connectivity index (χ4v) is 2.96. The molecule has 2 aliphatic rings. The summed E-state index contributed by atoms with van der Waals surface area (Å²) in [6, 6.07) is 3.47. The van der Waals surface area contributed by atoms with Crippen LogP contribution in [0.4, 0.5) is 8.78 Å². The Hall–Kier alpha value is -1.53. The van der Waals surface area contributed by atoms with Gasteiger partial charge in [-0.05, 0) is 30.9 Å². The Bertz CT molecular complexity index is 532. The second-order valence-corrected chi connectivity index (χ2v) is 5.55. The Morgan fingerprint density at radius 2 is 2.05 bits per heavy atom. The lowest BCUT2D eigenvalue weighted by atomic mass is 9.99. The van der Waals surface area contributed by atoms with Crippen LogP contribution in [0.25, 0.3) is 0 Å². The van der Waals surface area contributed by atoms with Crippen molar-refractivity contribution in [3.8, 4) is 0 Å². The average Bonchev–Trinajstić information content (AvgIpc) is 2.82. The highest BCUT2D eigenvalue weighted by atomic mass is 19.1. The van der Waals surface area contributed by atoms with Crippen LogP contribution in [0.3, 0.4) is 0 Å². The first-order valence-corrected chi connectivity index (χ1v) is 7.20. The molecule has 0 spiro atoms. The molecule has 2 saturated heterocycles. The maximum Gasteiger partial charge on any atom is 0.238 e. The first kappa shape index (κ1) is 14.4. The van der Waals surface area contributed by atoms with Gasteiger partial charge in [0.05, 0.1) is 6.54 Å². The van der Waals surface area contributed by atoms with Crippen molar-refractivity contribution in [3.05, 3.63) is 35.4 Å². The molecule has 0 aliphatic carbocycles. The Balaban J connectivity index is 1.78. The van der Waals surface area contributed by atoms with Crippen molar-refractivity contribution >= 4 is 5.91 Å². The lowest BCUT2D eigenvalue weighted by Gasteiger charge is -2.31. The molecule has 0 saturated carbocycles. The summed E-state index contributed by atoms with van der Waals surface area (Å²) < 4.78 is 32.3. The number of rotatable bonds is 3. The summed E-state index contributed by atoms with van der Waals surface area (Å²) in [7, 11) is 0. The predicted molar refractivity (Wildman–Crippen MR) is 72.4 cm³/mol. The summed E-state index contributed by atoms with van der Waals surface area (Å²) in [6.45, 7) is 2.17. The normalized spacial score (nSPS) is 23.8. The van der Waals surface area contributed by atoms with E-state index in [1.54, 1.807) is 4.90 Å². The zero-order valence-electron chi connectivity index (χ0n) is 11.6. The molecule has 21 heavy (non-hydrogen) atoms. The summed E-state index contributed by atoms with van der Waals surface area (Å²) in [5.74, 6) is -0.917. The summed E-state index contributed by atoms with van der Waals surface area (Å²) in [5.41, 5.74) is 0.314. The molecule has 114 valence electrons. The number of nitrogens with one attached hydrogen (secondary N) is 1. The van der Waals surface area contributed by atoms with E-state index in [0.717, 1.165) is 18.9 Å². The molecule has 2 aliphatic heterocycles. The second kappa shape index (κ2) is 6.07. The van der Waals surface area contributed by atoms with Crippen molar-refractivity contribution in [2.45, 2.75) is 19.0 Å². The maximum absolute atomic E-state index is 13.9. The second-order valence-electron chi connectivity index (χ2n) is 5.55. The molecule has 0 aromatic heterocycles. The quantitative estimate of drug-likeness (QED) is 0.925. The van der Waals surface area contributed by atoms with Gasteiger partial charge in [0.25, 0.3) is 0 Å². The number of hydrogen-bond acceptors (Lipinski definition) is 3. The third kappa shape index (κ3) is 3.06. The minimum absolute atomic E-state index is 0.0461. The van der Waals surface area contributed by atoms with Gasteiger partial charge < -0.3 is 9.64 Å². The maximum atomic E-state index is 13.9. The third-order valence-electron chi connectivity index (χ3n) is 4.13. The number of carbonyl (C=O) groups excluding carboxylic acids is 1. The molecule has 3 rings (SSSR count). The SMILES string of the molecule is O=C1CNC(c2ccc(F)cc2F)N1CC1CCOCC1. The molecule has 1 aromatic carbocycles. The Kier molecular flexibility index (Phi) is 4.17. The van der Waals surface area contributed by atoms with Crippen molar-refractivity contribution in [1.29, 1.82) is 0 Å². The predicted octanol–water partition coefficient (Wildman–Crippen LogP) is 1.82. The molecule has 2 fully saturated rings. The van der Waals surface area contributed by atoms with Crippen LogP contribution in [0.15, 0.2) is 18.2 Å². The van der Waals surface area contributed by atoms with Crippen LogP contribution in [-0.4, -0.2) is 37.1 Å². The molecule has 1 amide bonds. The van der Waals surface area contributed by atoms with E-state index in [4.69, 9.17) is 4.74 Å². The van der Waals surface area contributed by atoms with Gasteiger partial charge in [-0.1, -0.05) is 0 Å². The fraction of sp³-hybridized carbons (Fsp3) is 0.533. The van der Waals surface area contributed by atoms with E-state index in [9.17, 15) is 13.6 Å². The average molecular weight is 296 g/mol. The summed E-state index contributed by atoms with van der Waals surface area (Å²) in [5, 5.41) is 3.01. The lowest BCUT2D eigenvalue weighted by Crippen LogP contribution is -2.37. The molecular weight excluding hydrogens is 278 g/mol. The van der Waals surface area contributed by atoms with Crippen LogP contribution in [0.1, 0.15) is 24.6 Å². The molecule has 4 nitrogen and oxygen atoms in total. The molecule has 1 aromatic rings. The van der Waals surface area contributed by atoms with Crippen LogP contribution >= 0.6 is 0 Å². The van der Waals surface area contributed by atoms with E-state index in [-0.39, 0.29) is 12.5 Å². The molecular formula is C15H18F2N2O2. The fourth-order valence-electron chi connectivity index (χ4n) is 2.96. The van der Waals surface area contributed by atoms with Crippen molar-refractivity contribution in [2.75, 3.05) is 26.3 Å². The smallest absolute Gasteiger partial charge is 0.238 e. The van der Waals surface area contributed by atoms with E-state index in [0.29, 0.717) is 31.2 Å². The summed E-state index contributed by atoms with van der Waals surface area (Å²) in [6.07, 6.45) is 1.30. The Morgan fingerprint density at radius 1 is 1.29 bits per heavy atom. The van der Waals surface area contributed by atoms with E-state index in [1.807, 2.05) is 0 Å². The van der Waals surface area contributed by atoms with Crippen molar-refractivity contribution in [1.82, 2.24) is 10.2 Å². The van der Waals surface area contributed by atoms with Gasteiger partial charge in [-0.25, -0.2) is 8.78 Å². The van der Waals surface area contributed by atoms with Crippen molar-refractivity contribution < 1.29 is 18.3 Å². The van der Waals surface area contributed by atoms with E-state index in [2.05, 4.69) is 5.32 Å². The van der Waals surface area contributed by atoms with Crippen molar-refractivity contribution in [3.63, 3.8) is 0 Å². The standard InChI is InChI=1S/C15H18F2N2O2/c16-11-1-2-12(13(17)7-11)15-18-8-14(20)19(15)9-10-3-5-21-6-4-10/h1-2,7,10,15,18H,3-6,8-9H2. The zero-order valence-corrected chi connectivity index (χ0v) is 11.6. The van der Waals surface area contributed by atoms with E-state index < -0.39 is 17.8 Å². The molecule has 1 atom stereocenters. The van der Waals surface area contributed by atoms with Crippen LogP contribution in [0.2, 0.25) is 0 Å². The van der Waals surface area contributed by atoms with Crippen LogP contribution in [0, 0.1) is 17.6 Å². The molecule has 2 heterocycles. The molecule has 0 bridgehead atoms. The third-order valence-corrected chi connectivity index (χ3v) is 4.13. The van der Waals surface area contributed by atoms with E-state index >= 15 is 0 Å². The van der Waals surface area contributed by atoms with Crippen LogP contribution in [-0.2, 0) is 9.53 Å². The number of halogens is 2. The van der Waals surface area contributed by atoms with Gasteiger partial charge in [0.15, 0.2) is 0 Å². The monoisotopic (exact) mass is 296 g/mol. The first-order chi connectivity index (χ1) is 10.1. The number of carbonyl (C=O) groups is 1. The summed E-state index contributed by atoms with van der Waals surface area (Å²) in [4.78, 5) is 13.7. The van der Waals surface area contributed by atoms with E-state index in [1.165, 1.54) is 12.1 Å². The number of nitrogens with zero attached hydrogens (tertiary/aromatic N) is 1. The van der Waals surface area contributed by atoms with Gasteiger partial charge in [-0.2, -0.15) is 0 Å². The van der Waals surface area contributed by atoms with Gasteiger partial charge >= 0.3 is 0 Å². The minimum atomic E-state index is -0.626. The van der Waals surface area contributed by atoms with Gasteiger partial charge in [0.2, 0.25) is 5.91 Å². The van der Waals surface area contributed by atoms with Crippen LogP contribution in [0.5, 0.6) is 0 Å². The van der Waals surface area contributed by atoms with Gasteiger partial charge in [0.1, 0.15) is 17.8 Å². The summed E-state index contributed by atoms with van der Waals surface area (Å²) >= 11 is 0. The van der Waals surface area contributed by atoms with Gasteiger partial charge in [0, 0.05) is 31.4 Å². The van der Waals surface area contributed by atoms with Gasteiger partial charge in [-0.15, -0.1) is 0 Å². The first-order valence-electron chi connectivity index (χ1n) is 7.20. The molecule has 6 heteroatoms. The zero-order chi connectivity index (χ0) is 14.8. The highest BCUT2D eigenvalue weighted by Gasteiger charge is 2.34. The molecule has 0 radical (unpaired) electrons. The molecule has 1 unspecified atom stereocenters. The van der Waals surface area contributed by atoms with Gasteiger partial charge in [-0.3, -0.25) is 10.1 Å². The van der Waals surface area contributed by atoms with Crippen LogP contribution < -0.4 is 5.32 Å². The number of hydrogen-bond donors (Lipinski definition) is 1. The highest BCUT2D eigenvalue weighted by molar-refractivity contribution is 5.81. The molecule has 1 N–H and O–H groups in total. The topological polar surface area (TPSA) is 41.6 Å². The lowest BCUT2D eigenvalue weighted by molar-refractivity contribution is -0.129. The van der Waals surface area contributed by atoms with Crippen molar-refractivity contribution in [2.24, 2.45) is 5.92 Å². The number of ether oxygens (including phenoxy) is 1. The Morgan fingerprint density at radius 3 is 2.76 bits per heavy atom. The highest BCUT2D eigenvalue weighted by Crippen LogP contribution is 2.28. The number of benzene rings is 1. The Labute approximate surface area is 122 Å². The number of amides is 1.